The van der Waals surface area contributed by atoms with E-state index < -0.39 is 41.3 Å². The standard InChI is InChI=1S/C17H27N3O7/c1-16(2,3)27-13(22)17(4,5)6-7-19-12-10(8-20(19)15(25)26)18(14(23)24)9-11(12)21/h10,12H,6-9H2,1-5H3,(H,23,24)(H,25,26). The van der Waals surface area contributed by atoms with Gasteiger partial charge in [0.25, 0.3) is 0 Å². The minimum absolute atomic E-state index is 0.106. The Morgan fingerprint density at radius 1 is 1.11 bits per heavy atom. The van der Waals surface area contributed by atoms with Crippen LogP contribution in [0.2, 0.25) is 0 Å². The fraction of sp³-hybridized carbons (Fsp3) is 0.765. The number of fused-ring (bicyclic) bond motifs is 1. The molecule has 10 heteroatoms. The zero-order valence-electron chi connectivity index (χ0n) is 16.3. The van der Waals surface area contributed by atoms with Crippen LogP contribution in [0.25, 0.3) is 0 Å². The van der Waals surface area contributed by atoms with E-state index in [1.807, 2.05) is 0 Å². The topological polar surface area (TPSA) is 128 Å². The van der Waals surface area contributed by atoms with Gasteiger partial charge in [0.2, 0.25) is 0 Å². The second-order valence-electron chi connectivity index (χ2n) is 8.55. The fourth-order valence-electron chi connectivity index (χ4n) is 3.33. The maximum absolute atomic E-state index is 12.4. The van der Waals surface area contributed by atoms with Gasteiger partial charge in [-0.1, -0.05) is 0 Å². The zero-order chi connectivity index (χ0) is 20.7. The van der Waals surface area contributed by atoms with Crippen molar-refractivity contribution < 1.29 is 34.1 Å². The van der Waals surface area contributed by atoms with Gasteiger partial charge in [-0.15, -0.1) is 0 Å². The summed E-state index contributed by atoms with van der Waals surface area (Å²) in [6, 6.07) is -1.60. The highest BCUT2D eigenvalue weighted by atomic mass is 16.6. The summed E-state index contributed by atoms with van der Waals surface area (Å²) >= 11 is 0. The molecule has 2 fully saturated rings. The van der Waals surface area contributed by atoms with Crippen LogP contribution in [-0.4, -0.2) is 86.4 Å². The van der Waals surface area contributed by atoms with Gasteiger partial charge in [0, 0.05) is 6.54 Å². The molecule has 0 radical (unpaired) electrons. The molecule has 2 unspecified atom stereocenters. The second-order valence-corrected chi connectivity index (χ2v) is 8.55. The predicted molar refractivity (Wildman–Crippen MR) is 93.0 cm³/mol. The van der Waals surface area contributed by atoms with Crippen molar-refractivity contribution in [3.63, 3.8) is 0 Å². The number of carbonyl (C=O) groups excluding carboxylic acids is 2. The van der Waals surface area contributed by atoms with Crippen molar-refractivity contribution in [3.05, 3.63) is 0 Å². The molecule has 2 amide bonds. The predicted octanol–water partition coefficient (Wildman–Crippen LogP) is 1.25. The molecule has 0 aromatic carbocycles. The summed E-state index contributed by atoms with van der Waals surface area (Å²) in [7, 11) is 0. The lowest BCUT2D eigenvalue weighted by Crippen LogP contribution is -2.48. The van der Waals surface area contributed by atoms with E-state index in [-0.39, 0.29) is 31.8 Å². The van der Waals surface area contributed by atoms with Crippen molar-refractivity contribution in [2.45, 2.75) is 58.7 Å². The van der Waals surface area contributed by atoms with E-state index in [1.165, 1.54) is 5.01 Å². The Bertz CT molecular complexity index is 655. The SMILES string of the molecule is CC(C)(C)OC(=O)C(C)(C)CCN1C2C(=O)CN(C(=O)O)C2CN1C(=O)O. The summed E-state index contributed by atoms with van der Waals surface area (Å²) in [5.74, 6) is -0.765. The Labute approximate surface area is 157 Å². The van der Waals surface area contributed by atoms with Gasteiger partial charge in [-0.25, -0.2) is 19.6 Å². The van der Waals surface area contributed by atoms with Crippen LogP contribution in [0.15, 0.2) is 0 Å². The van der Waals surface area contributed by atoms with Gasteiger partial charge in [-0.3, -0.25) is 14.5 Å². The van der Waals surface area contributed by atoms with Crippen LogP contribution in [0.4, 0.5) is 9.59 Å². The number of ether oxygens (including phenoxy) is 1. The molecule has 10 nitrogen and oxygen atoms in total. The number of Topliss-reactive ketones (excluding diaryl/α,β-unsaturated/α-hetero) is 1. The van der Waals surface area contributed by atoms with Crippen LogP contribution in [-0.2, 0) is 14.3 Å². The van der Waals surface area contributed by atoms with Crippen LogP contribution in [0.1, 0.15) is 41.0 Å². The first-order valence-corrected chi connectivity index (χ1v) is 8.77. The summed E-state index contributed by atoms with van der Waals surface area (Å²) < 4.78 is 5.41. The largest absolute Gasteiger partial charge is 0.465 e. The maximum atomic E-state index is 12.4. The molecule has 27 heavy (non-hydrogen) atoms. The lowest BCUT2D eigenvalue weighted by atomic mass is 9.89. The number of likely N-dealkylation sites (tertiary alicyclic amines) is 1. The van der Waals surface area contributed by atoms with Crippen LogP contribution in [0, 0.1) is 5.41 Å². The summed E-state index contributed by atoms with van der Waals surface area (Å²) in [5, 5.41) is 21.0. The third-order valence-electron chi connectivity index (χ3n) is 4.80. The average Bonchev–Trinajstić information content (AvgIpc) is 3.01. The lowest BCUT2D eigenvalue weighted by molar-refractivity contribution is -0.166. The molecule has 2 aliphatic rings. The van der Waals surface area contributed by atoms with Gasteiger partial charge >= 0.3 is 18.2 Å². The number of esters is 1. The number of carbonyl (C=O) groups is 4. The van der Waals surface area contributed by atoms with Crippen molar-refractivity contribution in [1.29, 1.82) is 0 Å². The molecule has 2 atom stereocenters. The number of carboxylic acid groups (broad SMARTS) is 2. The van der Waals surface area contributed by atoms with E-state index in [9.17, 15) is 29.4 Å². The molecule has 2 N–H and O–H groups in total. The molecular formula is C17H27N3O7. The minimum Gasteiger partial charge on any atom is -0.465 e. The van der Waals surface area contributed by atoms with Crippen LogP contribution >= 0.6 is 0 Å². The van der Waals surface area contributed by atoms with Gasteiger partial charge in [-0.05, 0) is 41.0 Å². The van der Waals surface area contributed by atoms with E-state index in [4.69, 9.17) is 4.74 Å². The molecule has 152 valence electrons. The number of hydrogen-bond acceptors (Lipinski definition) is 6. The van der Waals surface area contributed by atoms with E-state index in [0.717, 1.165) is 9.91 Å². The lowest BCUT2D eigenvalue weighted by Gasteiger charge is -2.33. The highest BCUT2D eigenvalue weighted by Gasteiger charge is 2.55. The second kappa shape index (κ2) is 6.99. The van der Waals surface area contributed by atoms with E-state index >= 15 is 0 Å². The summed E-state index contributed by atoms with van der Waals surface area (Å²) in [6.07, 6.45) is -2.27. The highest BCUT2D eigenvalue weighted by molar-refractivity contribution is 5.93. The van der Waals surface area contributed by atoms with E-state index in [1.54, 1.807) is 34.6 Å². The molecule has 2 aliphatic heterocycles. The minimum atomic E-state index is -1.27. The Balaban J connectivity index is 2.15. The molecule has 2 rings (SSSR count). The monoisotopic (exact) mass is 385 g/mol. The Hall–Kier alpha value is -2.36. The van der Waals surface area contributed by atoms with Gasteiger partial charge < -0.3 is 14.9 Å². The molecule has 0 saturated carbocycles. The van der Waals surface area contributed by atoms with Crippen molar-refractivity contribution in [1.82, 2.24) is 14.9 Å². The highest BCUT2D eigenvalue weighted by Crippen LogP contribution is 2.32. The maximum Gasteiger partial charge on any atom is 0.422 e. The summed E-state index contributed by atoms with van der Waals surface area (Å²) in [6.45, 7) is 8.41. The van der Waals surface area contributed by atoms with Crippen LogP contribution in [0.5, 0.6) is 0 Å². The molecule has 0 aromatic rings. The third kappa shape index (κ3) is 4.32. The van der Waals surface area contributed by atoms with Gasteiger partial charge in [0.1, 0.15) is 11.6 Å². The Kier molecular flexibility index (Phi) is 5.42. The zero-order valence-corrected chi connectivity index (χ0v) is 16.3. The molecule has 2 heterocycles. The van der Waals surface area contributed by atoms with E-state index in [2.05, 4.69) is 0 Å². The average molecular weight is 385 g/mol. The number of amides is 2. The number of hydrazine groups is 1. The molecule has 0 aromatic heterocycles. The summed E-state index contributed by atoms with van der Waals surface area (Å²) in [4.78, 5) is 48.6. The van der Waals surface area contributed by atoms with Gasteiger partial charge in [0.15, 0.2) is 5.78 Å². The quantitative estimate of drug-likeness (QED) is 0.692. The molecular weight excluding hydrogens is 358 g/mol. The third-order valence-corrected chi connectivity index (χ3v) is 4.80. The van der Waals surface area contributed by atoms with Gasteiger partial charge in [-0.2, -0.15) is 0 Å². The van der Waals surface area contributed by atoms with Crippen LogP contribution < -0.4 is 0 Å². The number of rotatable bonds is 4. The Morgan fingerprint density at radius 3 is 2.19 bits per heavy atom. The van der Waals surface area contributed by atoms with Gasteiger partial charge in [0.05, 0.1) is 24.5 Å². The fourth-order valence-corrected chi connectivity index (χ4v) is 3.33. The number of hydrogen-bond donors (Lipinski definition) is 2. The summed E-state index contributed by atoms with van der Waals surface area (Å²) in [5.41, 5.74) is -1.55. The molecule has 2 saturated heterocycles. The number of nitrogens with zero attached hydrogens (tertiary/aromatic N) is 3. The normalized spacial score (nSPS) is 23.5. The van der Waals surface area contributed by atoms with Crippen molar-refractivity contribution in [2.24, 2.45) is 5.41 Å². The van der Waals surface area contributed by atoms with Crippen molar-refractivity contribution in [2.75, 3.05) is 19.6 Å². The molecule has 0 bridgehead atoms. The molecule has 0 aliphatic carbocycles. The van der Waals surface area contributed by atoms with Crippen LogP contribution in [0.3, 0.4) is 0 Å². The van der Waals surface area contributed by atoms with E-state index in [0.29, 0.717) is 0 Å². The first kappa shape index (κ1) is 20.9. The first-order chi connectivity index (χ1) is 12.2. The molecule has 0 spiro atoms. The van der Waals surface area contributed by atoms with Crippen molar-refractivity contribution in [3.8, 4) is 0 Å². The van der Waals surface area contributed by atoms with Crippen molar-refractivity contribution >= 4 is 23.9 Å². The first-order valence-electron chi connectivity index (χ1n) is 8.77. The number of ketones is 1. The Morgan fingerprint density at radius 2 is 1.70 bits per heavy atom. The smallest absolute Gasteiger partial charge is 0.422 e.